The van der Waals surface area contributed by atoms with E-state index in [-0.39, 0.29) is 12.1 Å². The Morgan fingerprint density at radius 1 is 1.17 bits per heavy atom. The van der Waals surface area contributed by atoms with Crippen LogP contribution in [0.15, 0.2) is 0 Å². The summed E-state index contributed by atoms with van der Waals surface area (Å²) in [4.78, 5) is 0. The predicted molar refractivity (Wildman–Crippen MR) is 33.5 cm³/mol. The summed E-state index contributed by atoms with van der Waals surface area (Å²) in [6, 6.07) is 0. The Balaban J connectivity index is 2.18. The second-order valence-corrected chi connectivity index (χ2v) is 9.78. The molecule has 1 aliphatic heterocycles. The Kier molecular flexibility index (Phi) is 2.01. The number of hydrogen-bond acceptors (Lipinski definition) is 0. The van der Waals surface area contributed by atoms with Gasteiger partial charge in [-0.3, -0.25) is 0 Å². The fourth-order valence-electron chi connectivity index (χ4n) is 0.619. The Morgan fingerprint density at radius 2 is 1.67 bits per heavy atom. The van der Waals surface area contributed by atoms with Gasteiger partial charge in [-0.15, -0.1) is 0 Å². The fraction of sp³-hybridized carbons (Fsp3) is 1.00. The number of hydrogen-bond donors (Lipinski definition) is 0. The Hall–Kier alpha value is 0.999. The summed E-state index contributed by atoms with van der Waals surface area (Å²) < 4.78 is 0. The molecule has 1 rings (SSSR count). The van der Waals surface area contributed by atoms with Crippen LogP contribution in [-0.2, 0) is 0 Å². The van der Waals surface area contributed by atoms with E-state index in [0.717, 1.165) is 0 Å². The summed E-state index contributed by atoms with van der Waals surface area (Å²) in [5.74, 6) is 0. The van der Waals surface area contributed by atoms with Crippen molar-refractivity contribution in [3.63, 3.8) is 0 Å². The van der Waals surface area contributed by atoms with Gasteiger partial charge in [0, 0.05) is 0 Å². The molecule has 0 aliphatic carbocycles. The first-order valence-corrected chi connectivity index (χ1v) is 8.67. The van der Waals surface area contributed by atoms with Gasteiger partial charge in [-0.1, -0.05) is 0 Å². The summed E-state index contributed by atoms with van der Waals surface area (Å²) in [5, 5.41) is 3.06. The zero-order chi connectivity index (χ0) is 4.41. The maximum absolute atomic E-state index is 3.66. The van der Waals surface area contributed by atoms with E-state index in [0.29, 0.717) is 0 Å². The standard InChI is InChI=1S/C4H8BrSe/c5-6-3-1-2-4-6/h1-4H2/q+1. The normalized spacial score (nSPS) is 25.5. The van der Waals surface area contributed by atoms with Crippen molar-refractivity contribution in [1.29, 1.82) is 0 Å². The molecular formula is C4H8BrSe+. The van der Waals surface area contributed by atoms with E-state index in [1.807, 2.05) is 0 Å². The monoisotopic (exact) mass is 215 g/mol. The third-order valence-corrected chi connectivity index (χ3v) is 7.42. The second-order valence-electron chi connectivity index (χ2n) is 1.54. The van der Waals surface area contributed by atoms with Crippen LogP contribution in [0.2, 0.25) is 10.6 Å². The molecule has 0 aromatic rings. The molecule has 1 heterocycles. The van der Waals surface area contributed by atoms with Crippen molar-refractivity contribution in [3.8, 4) is 0 Å². The van der Waals surface area contributed by atoms with Crippen molar-refractivity contribution in [2.75, 3.05) is 0 Å². The number of rotatable bonds is 0. The van der Waals surface area contributed by atoms with Crippen LogP contribution in [0.25, 0.3) is 0 Å². The first-order chi connectivity index (χ1) is 2.89. The van der Waals surface area contributed by atoms with E-state index in [2.05, 4.69) is 14.1 Å². The number of halogens is 1. The zero-order valence-corrected chi connectivity index (χ0v) is 6.91. The maximum atomic E-state index is 3.66. The molecule has 1 saturated heterocycles. The molecule has 2 heteroatoms. The van der Waals surface area contributed by atoms with Crippen LogP contribution in [-0.4, -0.2) is 12.1 Å². The van der Waals surface area contributed by atoms with Crippen LogP contribution >= 0.6 is 14.1 Å². The van der Waals surface area contributed by atoms with E-state index in [1.54, 1.807) is 0 Å². The molecule has 0 radical (unpaired) electrons. The minimum atomic E-state index is -0.127. The molecule has 0 nitrogen and oxygen atoms in total. The minimum absolute atomic E-state index is 0.127. The molecule has 1 aliphatic rings. The van der Waals surface area contributed by atoms with Crippen LogP contribution in [0.5, 0.6) is 0 Å². The van der Waals surface area contributed by atoms with E-state index < -0.39 is 0 Å². The first-order valence-electron chi connectivity index (χ1n) is 2.23. The summed E-state index contributed by atoms with van der Waals surface area (Å²) in [6.07, 6.45) is 2.99. The van der Waals surface area contributed by atoms with Gasteiger partial charge in [-0.2, -0.15) is 0 Å². The third kappa shape index (κ3) is 1.25. The van der Waals surface area contributed by atoms with E-state index in [9.17, 15) is 0 Å². The summed E-state index contributed by atoms with van der Waals surface area (Å²) in [6.45, 7) is 0. The van der Waals surface area contributed by atoms with Gasteiger partial charge >= 0.3 is 49.7 Å². The molecule has 0 spiro atoms. The van der Waals surface area contributed by atoms with Gasteiger partial charge in [0.15, 0.2) is 0 Å². The van der Waals surface area contributed by atoms with E-state index in [4.69, 9.17) is 0 Å². The fourth-order valence-corrected chi connectivity index (χ4v) is 5.60. The Labute approximate surface area is 49.9 Å². The zero-order valence-electron chi connectivity index (χ0n) is 3.61. The molecule has 0 N–H and O–H groups in total. The van der Waals surface area contributed by atoms with E-state index in [1.165, 1.54) is 23.5 Å². The van der Waals surface area contributed by atoms with Crippen molar-refractivity contribution < 1.29 is 0 Å². The summed E-state index contributed by atoms with van der Waals surface area (Å²) in [5.41, 5.74) is 0. The van der Waals surface area contributed by atoms with Gasteiger partial charge in [-0.05, 0) is 0 Å². The predicted octanol–water partition coefficient (Wildman–Crippen LogP) is 2.17. The van der Waals surface area contributed by atoms with Crippen molar-refractivity contribution in [1.82, 2.24) is 0 Å². The Bertz CT molecular complexity index is 40.8. The molecule has 0 aromatic carbocycles. The van der Waals surface area contributed by atoms with Gasteiger partial charge in [0.05, 0.1) is 0 Å². The topological polar surface area (TPSA) is 0 Å². The molecule has 0 unspecified atom stereocenters. The second kappa shape index (κ2) is 2.34. The van der Waals surface area contributed by atoms with Crippen molar-refractivity contribution in [3.05, 3.63) is 0 Å². The van der Waals surface area contributed by atoms with Crippen molar-refractivity contribution >= 4 is 26.2 Å². The van der Waals surface area contributed by atoms with Crippen molar-refractivity contribution in [2.24, 2.45) is 0 Å². The van der Waals surface area contributed by atoms with Gasteiger partial charge in [0.1, 0.15) is 0 Å². The molecule has 0 saturated carbocycles. The Morgan fingerprint density at radius 3 is 1.83 bits per heavy atom. The molecule has 36 valence electrons. The molecule has 0 bridgehead atoms. The molecule has 0 atom stereocenters. The van der Waals surface area contributed by atoms with Crippen LogP contribution in [0.1, 0.15) is 12.8 Å². The molecule has 0 aromatic heterocycles. The average Bonchev–Trinajstić information content (AvgIpc) is 1.86. The van der Waals surface area contributed by atoms with Crippen LogP contribution < -0.4 is 0 Å². The van der Waals surface area contributed by atoms with Crippen molar-refractivity contribution in [2.45, 2.75) is 23.5 Å². The van der Waals surface area contributed by atoms with Gasteiger partial charge in [-0.25, -0.2) is 0 Å². The van der Waals surface area contributed by atoms with Crippen LogP contribution in [0.3, 0.4) is 0 Å². The molecular weight excluding hydrogens is 207 g/mol. The van der Waals surface area contributed by atoms with Crippen LogP contribution in [0, 0.1) is 0 Å². The molecule has 6 heavy (non-hydrogen) atoms. The third-order valence-electron chi connectivity index (χ3n) is 0.982. The van der Waals surface area contributed by atoms with Gasteiger partial charge in [0.2, 0.25) is 0 Å². The van der Waals surface area contributed by atoms with E-state index >= 15 is 0 Å². The van der Waals surface area contributed by atoms with Gasteiger partial charge < -0.3 is 0 Å². The van der Waals surface area contributed by atoms with Gasteiger partial charge in [0.25, 0.3) is 0 Å². The molecule has 0 amide bonds. The summed E-state index contributed by atoms with van der Waals surface area (Å²) >= 11 is 3.54. The van der Waals surface area contributed by atoms with Crippen LogP contribution in [0.4, 0.5) is 0 Å². The summed E-state index contributed by atoms with van der Waals surface area (Å²) in [7, 11) is 0. The molecule has 1 fully saturated rings. The first kappa shape index (κ1) is 5.14. The average molecular weight is 215 g/mol. The SMILES string of the molecule is Br[Se+]1CCCC1. The quantitative estimate of drug-likeness (QED) is 0.543.